The van der Waals surface area contributed by atoms with Gasteiger partial charge >= 0.3 is 0 Å². The van der Waals surface area contributed by atoms with Gasteiger partial charge in [-0.25, -0.2) is 4.98 Å². The van der Waals surface area contributed by atoms with Gasteiger partial charge in [0.2, 0.25) is 5.28 Å². The molecule has 2 N–H and O–H groups in total. The Morgan fingerprint density at radius 1 is 1.48 bits per heavy atom. The summed E-state index contributed by atoms with van der Waals surface area (Å²) >= 11 is 5.90. The van der Waals surface area contributed by atoms with Crippen LogP contribution < -0.4 is 5.32 Å². The van der Waals surface area contributed by atoms with Crippen molar-refractivity contribution in [2.75, 3.05) is 13.2 Å². The summed E-state index contributed by atoms with van der Waals surface area (Å²) in [6.07, 6.45) is 6.01. The Labute approximate surface area is 127 Å². The molecule has 1 aliphatic carbocycles. The molecule has 2 aromatic rings. The van der Waals surface area contributed by atoms with E-state index in [1.54, 1.807) is 12.3 Å². The molecule has 3 rings (SSSR count). The number of nitrogens with one attached hydrogen (secondary N) is 1. The quantitative estimate of drug-likeness (QED) is 0.846. The average Bonchev–Trinajstić information content (AvgIpc) is 3.10. The van der Waals surface area contributed by atoms with Gasteiger partial charge in [0.25, 0.3) is 5.91 Å². The van der Waals surface area contributed by atoms with E-state index in [2.05, 4.69) is 15.3 Å². The molecule has 0 radical (unpaired) electrons. The third-order valence-electron chi connectivity index (χ3n) is 3.87. The molecule has 7 heteroatoms. The van der Waals surface area contributed by atoms with Crippen LogP contribution >= 0.6 is 11.6 Å². The summed E-state index contributed by atoms with van der Waals surface area (Å²) in [6.45, 7) is 0.151. The van der Waals surface area contributed by atoms with E-state index >= 15 is 0 Å². The highest BCUT2D eigenvalue weighted by molar-refractivity contribution is 6.28. The van der Waals surface area contributed by atoms with E-state index in [0.29, 0.717) is 11.3 Å². The molecule has 0 bridgehead atoms. The van der Waals surface area contributed by atoms with Crippen LogP contribution in [-0.2, 0) is 0 Å². The molecule has 0 unspecified atom stereocenters. The molecule has 2 aromatic heterocycles. The summed E-state index contributed by atoms with van der Waals surface area (Å²) in [4.78, 5) is 20.6. The number of hydrogen-bond donors (Lipinski definition) is 2. The number of carbonyl (C=O) groups is 1. The molecule has 0 spiro atoms. The molecule has 0 aromatic carbocycles. The summed E-state index contributed by atoms with van der Waals surface area (Å²) in [5, 5.41) is 12.5. The van der Waals surface area contributed by atoms with E-state index in [1.807, 2.05) is 4.57 Å². The molecule has 1 aliphatic rings. The Morgan fingerprint density at radius 3 is 2.95 bits per heavy atom. The SMILES string of the molecule is O=C(NCCO)c1cc2cnc(Cl)nc2n1C1CCCC1. The summed E-state index contributed by atoms with van der Waals surface area (Å²) in [7, 11) is 0. The fourth-order valence-electron chi connectivity index (χ4n) is 2.95. The Morgan fingerprint density at radius 2 is 2.24 bits per heavy atom. The minimum Gasteiger partial charge on any atom is -0.395 e. The van der Waals surface area contributed by atoms with Crippen molar-refractivity contribution >= 4 is 28.5 Å². The van der Waals surface area contributed by atoms with Crippen molar-refractivity contribution in [3.63, 3.8) is 0 Å². The maximum absolute atomic E-state index is 12.3. The second-order valence-corrected chi connectivity index (χ2v) is 5.57. The van der Waals surface area contributed by atoms with Gasteiger partial charge in [-0.05, 0) is 30.5 Å². The van der Waals surface area contributed by atoms with Crippen molar-refractivity contribution in [2.24, 2.45) is 0 Å². The summed E-state index contributed by atoms with van der Waals surface area (Å²) in [6, 6.07) is 2.06. The van der Waals surface area contributed by atoms with Gasteiger partial charge in [-0.1, -0.05) is 12.8 Å². The van der Waals surface area contributed by atoms with E-state index in [4.69, 9.17) is 16.7 Å². The van der Waals surface area contributed by atoms with Crippen molar-refractivity contribution in [2.45, 2.75) is 31.7 Å². The second-order valence-electron chi connectivity index (χ2n) is 5.24. The van der Waals surface area contributed by atoms with Crippen LogP contribution in [0.2, 0.25) is 5.28 Å². The van der Waals surface area contributed by atoms with Gasteiger partial charge in [0, 0.05) is 24.2 Å². The molecule has 0 aliphatic heterocycles. The first kappa shape index (κ1) is 14.3. The van der Waals surface area contributed by atoms with E-state index in [9.17, 15) is 4.79 Å². The third kappa shape index (κ3) is 2.73. The van der Waals surface area contributed by atoms with Crippen molar-refractivity contribution in [3.05, 3.63) is 23.2 Å². The summed E-state index contributed by atoms with van der Waals surface area (Å²) < 4.78 is 1.97. The molecule has 112 valence electrons. The van der Waals surface area contributed by atoms with Gasteiger partial charge in [-0.2, -0.15) is 4.98 Å². The lowest BCUT2D eigenvalue weighted by Gasteiger charge is -2.16. The Hall–Kier alpha value is -1.66. The van der Waals surface area contributed by atoms with E-state index in [0.717, 1.165) is 31.1 Å². The van der Waals surface area contributed by atoms with Crippen LogP contribution in [0.25, 0.3) is 11.0 Å². The van der Waals surface area contributed by atoms with Crippen molar-refractivity contribution in [1.82, 2.24) is 19.9 Å². The van der Waals surface area contributed by atoms with Gasteiger partial charge in [0.1, 0.15) is 11.3 Å². The first-order chi connectivity index (χ1) is 10.2. The molecular formula is C14H17ClN4O2. The minimum absolute atomic E-state index is 0.0823. The van der Waals surface area contributed by atoms with Crippen LogP contribution in [0.3, 0.4) is 0 Å². The van der Waals surface area contributed by atoms with Crippen molar-refractivity contribution < 1.29 is 9.90 Å². The third-order valence-corrected chi connectivity index (χ3v) is 4.05. The monoisotopic (exact) mass is 308 g/mol. The lowest BCUT2D eigenvalue weighted by molar-refractivity contribution is 0.0934. The number of aliphatic hydroxyl groups is 1. The first-order valence-electron chi connectivity index (χ1n) is 7.13. The van der Waals surface area contributed by atoms with Crippen molar-refractivity contribution in [1.29, 1.82) is 0 Å². The maximum Gasteiger partial charge on any atom is 0.268 e. The van der Waals surface area contributed by atoms with Crippen molar-refractivity contribution in [3.8, 4) is 0 Å². The average molecular weight is 309 g/mol. The lowest BCUT2D eigenvalue weighted by Crippen LogP contribution is -2.29. The zero-order valence-corrected chi connectivity index (χ0v) is 12.3. The standard InChI is InChI=1S/C14H17ClN4O2/c15-14-17-8-9-7-11(13(21)16-5-6-20)19(12(9)18-14)10-3-1-2-4-10/h7-8,10,20H,1-6H2,(H,16,21). The number of hydrogen-bond acceptors (Lipinski definition) is 4. The molecule has 6 nitrogen and oxygen atoms in total. The molecule has 2 heterocycles. The highest BCUT2D eigenvalue weighted by Gasteiger charge is 2.25. The zero-order chi connectivity index (χ0) is 14.8. The zero-order valence-electron chi connectivity index (χ0n) is 11.5. The highest BCUT2D eigenvalue weighted by Crippen LogP contribution is 2.34. The predicted octanol–water partition coefficient (Wildman–Crippen LogP) is 1.92. The normalized spacial score (nSPS) is 15.7. The number of aliphatic hydroxyl groups excluding tert-OH is 1. The van der Waals surface area contributed by atoms with E-state index in [1.165, 1.54) is 0 Å². The molecule has 1 saturated carbocycles. The van der Waals surface area contributed by atoms with Crippen LogP contribution in [-0.4, -0.2) is 38.7 Å². The Balaban J connectivity index is 2.08. The van der Waals surface area contributed by atoms with E-state index < -0.39 is 0 Å². The fraction of sp³-hybridized carbons (Fsp3) is 0.500. The largest absolute Gasteiger partial charge is 0.395 e. The first-order valence-corrected chi connectivity index (χ1v) is 7.51. The van der Waals surface area contributed by atoms with Gasteiger partial charge in [0.15, 0.2) is 0 Å². The van der Waals surface area contributed by atoms with Crippen LogP contribution in [0.15, 0.2) is 12.3 Å². The van der Waals surface area contributed by atoms with Crippen LogP contribution in [0.4, 0.5) is 0 Å². The van der Waals surface area contributed by atoms with E-state index in [-0.39, 0.29) is 30.4 Å². The smallest absolute Gasteiger partial charge is 0.268 e. The molecule has 0 atom stereocenters. The summed E-state index contributed by atoms with van der Waals surface area (Å²) in [5.74, 6) is -0.204. The Bertz CT molecular complexity index is 664. The van der Waals surface area contributed by atoms with Crippen LogP contribution in [0.5, 0.6) is 0 Å². The number of amides is 1. The van der Waals surface area contributed by atoms with Gasteiger partial charge in [-0.15, -0.1) is 0 Å². The molecule has 1 fully saturated rings. The number of halogens is 1. The second kappa shape index (κ2) is 5.99. The molecular weight excluding hydrogens is 292 g/mol. The summed E-state index contributed by atoms with van der Waals surface area (Å²) in [5.41, 5.74) is 1.26. The molecule has 0 saturated heterocycles. The highest BCUT2D eigenvalue weighted by atomic mass is 35.5. The maximum atomic E-state index is 12.3. The number of nitrogens with zero attached hydrogens (tertiary/aromatic N) is 3. The molecule has 1 amide bonds. The van der Waals surface area contributed by atoms with Crippen LogP contribution in [0.1, 0.15) is 42.2 Å². The predicted molar refractivity (Wildman–Crippen MR) is 79.5 cm³/mol. The number of aromatic nitrogens is 3. The number of fused-ring (bicyclic) bond motifs is 1. The van der Waals surface area contributed by atoms with Gasteiger partial charge in [0.05, 0.1) is 6.61 Å². The van der Waals surface area contributed by atoms with Crippen LogP contribution in [0, 0.1) is 0 Å². The number of rotatable bonds is 4. The van der Waals surface area contributed by atoms with Gasteiger partial charge in [-0.3, -0.25) is 4.79 Å². The topological polar surface area (TPSA) is 80.0 Å². The Kier molecular flexibility index (Phi) is 4.07. The minimum atomic E-state index is -0.204. The fourth-order valence-corrected chi connectivity index (χ4v) is 3.08. The number of carbonyl (C=O) groups excluding carboxylic acids is 1. The molecule has 21 heavy (non-hydrogen) atoms. The van der Waals surface area contributed by atoms with Gasteiger partial charge < -0.3 is 15.0 Å². The lowest BCUT2D eigenvalue weighted by atomic mass is 10.2.